The fraction of sp³-hybridized carbons (Fsp3) is 0. The van der Waals surface area contributed by atoms with E-state index < -0.39 is 0 Å². The summed E-state index contributed by atoms with van der Waals surface area (Å²) in [6, 6.07) is 75.9. The Hall–Kier alpha value is -6.44. The van der Waals surface area contributed by atoms with E-state index in [9.17, 15) is 0 Å². The standard InChI is InChI=1S/C48H35N/c1-4-13-36(14-5-1)38-23-25-39(26-24-38)40-27-31-44(32-28-40)49(46-20-12-19-43(35-46)37-15-6-2-7-16-37)45-33-29-42(30-34-45)48-22-11-10-21-47(48)41-17-8-3-9-18-41/h1-35H. The van der Waals surface area contributed by atoms with Crippen LogP contribution in [0.1, 0.15) is 0 Å². The van der Waals surface area contributed by atoms with Gasteiger partial charge in [-0.3, -0.25) is 0 Å². The van der Waals surface area contributed by atoms with Gasteiger partial charge in [-0.2, -0.15) is 0 Å². The van der Waals surface area contributed by atoms with Gasteiger partial charge in [0.05, 0.1) is 0 Å². The molecule has 49 heavy (non-hydrogen) atoms. The van der Waals surface area contributed by atoms with Gasteiger partial charge in [0.1, 0.15) is 0 Å². The van der Waals surface area contributed by atoms with Crippen LogP contribution >= 0.6 is 0 Å². The highest BCUT2D eigenvalue weighted by atomic mass is 15.1. The zero-order chi connectivity index (χ0) is 32.8. The molecular formula is C48H35N. The van der Waals surface area contributed by atoms with E-state index in [0.29, 0.717) is 0 Å². The van der Waals surface area contributed by atoms with E-state index in [2.05, 4.69) is 217 Å². The van der Waals surface area contributed by atoms with Gasteiger partial charge in [0, 0.05) is 17.1 Å². The van der Waals surface area contributed by atoms with Crippen molar-refractivity contribution in [3.8, 4) is 55.6 Å². The van der Waals surface area contributed by atoms with Gasteiger partial charge in [-0.05, 0) is 92.0 Å². The molecule has 0 fully saturated rings. The molecule has 8 aromatic rings. The Balaban J connectivity index is 1.16. The van der Waals surface area contributed by atoms with Crippen LogP contribution in [0.4, 0.5) is 17.1 Å². The molecule has 0 N–H and O–H groups in total. The Kier molecular flexibility index (Phi) is 8.39. The lowest BCUT2D eigenvalue weighted by Gasteiger charge is -2.26. The molecule has 232 valence electrons. The predicted octanol–water partition coefficient (Wildman–Crippen LogP) is 13.5. The van der Waals surface area contributed by atoms with Crippen molar-refractivity contribution in [3.05, 3.63) is 212 Å². The molecule has 1 nitrogen and oxygen atoms in total. The van der Waals surface area contributed by atoms with Crippen molar-refractivity contribution in [2.24, 2.45) is 0 Å². The van der Waals surface area contributed by atoms with E-state index in [-0.39, 0.29) is 0 Å². The molecule has 0 unspecified atom stereocenters. The second-order valence-electron chi connectivity index (χ2n) is 12.2. The second kappa shape index (κ2) is 13.7. The molecule has 0 heterocycles. The molecule has 0 atom stereocenters. The molecule has 0 radical (unpaired) electrons. The molecule has 0 aromatic heterocycles. The molecule has 0 bridgehead atoms. The monoisotopic (exact) mass is 625 g/mol. The molecule has 8 aromatic carbocycles. The van der Waals surface area contributed by atoms with E-state index in [1.54, 1.807) is 0 Å². The number of anilines is 3. The summed E-state index contributed by atoms with van der Waals surface area (Å²) in [5.74, 6) is 0. The van der Waals surface area contributed by atoms with Crippen LogP contribution < -0.4 is 4.90 Å². The Bertz CT molecular complexity index is 2270. The number of rotatable bonds is 8. The first-order valence-electron chi connectivity index (χ1n) is 16.8. The zero-order valence-corrected chi connectivity index (χ0v) is 27.2. The zero-order valence-electron chi connectivity index (χ0n) is 27.2. The lowest BCUT2D eigenvalue weighted by atomic mass is 9.94. The fourth-order valence-electron chi connectivity index (χ4n) is 6.59. The first-order valence-corrected chi connectivity index (χ1v) is 16.8. The van der Waals surface area contributed by atoms with Crippen LogP contribution in [0, 0.1) is 0 Å². The third-order valence-corrected chi connectivity index (χ3v) is 9.11. The van der Waals surface area contributed by atoms with Gasteiger partial charge in [-0.1, -0.05) is 176 Å². The minimum absolute atomic E-state index is 1.10. The molecule has 0 aliphatic carbocycles. The maximum atomic E-state index is 2.35. The fourth-order valence-corrected chi connectivity index (χ4v) is 6.59. The third kappa shape index (κ3) is 6.43. The van der Waals surface area contributed by atoms with Crippen LogP contribution in [0.5, 0.6) is 0 Å². The normalized spacial score (nSPS) is 10.9. The maximum Gasteiger partial charge on any atom is 0.0467 e. The molecular weight excluding hydrogens is 591 g/mol. The smallest absolute Gasteiger partial charge is 0.0467 e. The first kappa shape index (κ1) is 29.9. The molecule has 0 aliphatic heterocycles. The van der Waals surface area contributed by atoms with Gasteiger partial charge >= 0.3 is 0 Å². The maximum absolute atomic E-state index is 2.35. The van der Waals surface area contributed by atoms with Crippen LogP contribution in [0.3, 0.4) is 0 Å². The van der Waals surface area contributed by atoms with Crippen molar-refractivity contribution in [1.82, 2.24) is 0 Å². The Morgan fingerprint density at radius 3 is 1.02 bits per heavy atom. The van der Waals surface area contributed by atoms with Crippen LogP contribution in [-0.4, -0.2) is 0 Å². The summed E-state index contributed by atoms with van der Waals surface area (Å²) in [4.78, 5) is 2.35. The van der Waals surface area contributed by atoms with Crippen LogP contribution in [0.15, 0.2) is 212 Å². The van der Waals surface area contributed by atoms with E-state index in [0.717, 1.165) is 17.1 Å². The molecule has 0 saturated carbocycles. The minimum atomic E-state index is 1.10. The van der Waals surface area contributed by atoms with Crippen LogP contribution in [0.2, 0.25) is 0 Å². The van der Waals surface area contributed by atoms with Gasteiger partial charge in [0.15, 0.2) is 0 Å². The first-order chi connectivity index (χ1) is 24.3. The molecule has 0 aliphatic rings. The van der Waals surface area contributed by atoms with Gasteiger partial charge in [0.2, 0.25) is 0 Å². The summed E-state index contributed by atoms with van der Waals surface area (Å²) in [6.45, 7) is 0. The summed E-state index contributed by atoms with van der Waals surface area (Å²) in [5.41, 5.74) is 15.4. The number of hydrogen-bond acceptors (Lipinski definition) is 1. The summed E-state index contributed by atoms with van der Waals surface area (Å²) < 4.78 is 0. The highest BCUT2D eigenvalue weighted by Crippen LogP contribution is 2.39. The summed E-state index contributed by atoms with van der Waals surface area (Å²) >= 11 is 0. The lowest BCUT2D eigenvalue weighted by molar-refractivity contribution is 1.28. The summed E-state index contributed by atoms with van der Waals surface area (Å²) in [5, 5.41) is 0. The highest BCUT2D eigenvalue weighted by molar-refractivity contribution is 5.86. The highest BCUT2D eigenvalue weighted by Gasteiger charge is 2.15. The van der Waals surface area contributed by atoms with Gasteiger partial charge < -0.3 is 4.90 Å². The van der Waals surface area contributed by atoms with Crippen molar-refractivity contribution in [3.63, 3.8) is 0 Å². The largest absolute Gasteiger partial charge is 0.310 e. The Morgan fingerprint density at radius 1 is 0.204 bits per heavy atom. The lowest BCUT2D eigenvalue weighted by Crippen LogP contribution is -2.10. The molecule has 0 saturated heterocycles. The van der Waals surface area contributed by atoms with Crippen LogP contribution in [-0.2, 0) is 0 Å². The van der Waals surface area contributed by atoms with E-state index in [4.69, 9.17) is 0 Å². The average Bonchev–Trinajstić information content (AvgIpc) is 3.20. The molecule has 0 amide bonds. The minimum Gasteiger partial charge on any atom is -0.310 e. The Labute approximate surface area is 289 Å². The van der Waals surface area contributed by atoms with Crippen LogP contribution in [0.25, 0.3) is 55.6 Å². The van der Waals surface area contributed by atoms with E-state index in [1.807, 2.05) is 0 Å². The molecule has 0 spiro atoms. The van der Waals surface area contributed by atoms with Crippen molar-refractivity contribution >= 4 is 17.1 Å². The quantitative estimate of drug-likeness (QED) is 0.162. The van der Waals surface area contributed by atoms with Crippen molar-refractivity contribution in [1.29, 1.82) is 0 Å². The Morgan fingerprint density at radius 2 is 0.531 bits per heavy atom. The second-order valence-corrected chi connectivity index (χ2v) is 12.2. The van der Waals surface area contributed by atoms with Crippen molar-refractivity contribution in [2.45, 2.75) is 0 Å². The van der Waals surface area contributed by atoms with Gasteiger partial charge in [-0.25, -0.2) is 0 Å². The van der Waals surface area contributed by atoms with E-state index >= 15 is 0 Å². The summed E-state index contributed by atoms with van der Waals surface area (Å²) in [6.07, 6.45) is 0. The number of nitrogens with zero attached hydrogens (tertiary/aromatic N) is 1. The topological polar surface area (TPSA) is 3.24 Å². The number of hydrogen-bond donors (Lipinski definition) is 0. The SMILES string of the molecule is c1ccc(-c2ccc(-c3ccc(N(c4ccc(-c5ccccc5-c5ccccc5)cc4)c4cccc(-c5ccccc5)c4)cc3)cc2)cc1. The number of benzene rings is 8. The van der Waals surface area contributed by atoms with Gasteiger partial charge in [0.25, 0.3) is 0 Å². The van der Waals surface area contributed by atoms with Gasteiger partial charge in [-0.15, -0.1) is 0 Å². The average molecular weight is 626 g/mol. The molecule has 1 heteroatoms. The molecule has 8 rings (SSSR count). The summed E-state index contributed by atoms with van der Waals surface area (Å²) in [7, 11) is 0. The van der Waals surface area contributed by atoms with E-state index in [1.165, 1.54) is 55.6 Å². The van der Waals surface area contributed by atoms with Crippen molar-refractivity contribution in [2.75, 3.05) is 4.90 Å². The van der Waals surface area contributed by atoms with Crippen molar-refractivity contribution < 1.29 is 0 Å². The predicted molar refractivity (Wildman–Crippen MR) is 208 cm³/mol. The third-order valence-electron chi connectivity index (χ3n) is 9.11.